The molecule has 1 amide bonds. The molecule has 1 aliphatic rings. The monoisotopic (exact) mass is 458 g/mol. The summed E-state index contributed by atoms with van der Waals surface area (Å²) in [6.07, 6.45) is 0.118. The molecule has 164 valence electrons. The van der Waals surface area contributed by atoms with Gasteiger partial charge in [0.05, 0.1) is 15.8 Å². The number of ether oxygens (including phenoxy) is 1. The Morgan fingerprint density at radius 2 is 1.90 bits per heavy atom. The third-order valence-corrected chi connectivity index (χ3v) is 6.59. The number of nitrogens with one attached hydrogen (secondary N) is 1. The summed E-state index contributed by atoms with van der Waals surface area (Å²) in [5, 5.41) is 4.75. The summed E-state index contributed by atoms with van der Waals surface area (Å²) in [6, 6.07) is 13.2. The second kappa shape index (κ2) is 9.85. The predicted octanol–water partition coefficient (Wildman–Crippen LogP) is 4.29. The number of piperazine rings is 1. The van der Waals surface area contributed by atoms with E-state index in [4.69, 9.17) is 21.3 Å². The number of thiazole rings is 1. The number of halogens is 1. The van der Waals surface area contributed by atoms with Gasteiger partial charge in [0.15, 0.2) is 5.13 Å². The van der Waals surface area contributed by atoms with E-state index in [1.807, 2.05) is 38.1 Å². The fourth-order valence-corrected chi connectivity index (χ4v) is 4.90. The number of nitrogens with zero attached hydrogens (tertiary/aromatic N) is 3. The average molecular weight is 459 g/mol. The van der Waals surface area contributed by atoms with Gasteiger partial charge in [-0.1, -0.05) is 29.0 Å². The molecule has 31 heavy (non-hydrogen) atoms. The molecule has 1 fully saturated rings. The van der Waals surface area contributed by atoms with Crippen LogP contribution in [-0.2, 0) is 0 Å². The normalized spacial score (nSPS) is 14.9. The van der Waals surface area contributed by atoms with Gasteiger partial charge in [0.25, 0.3) is 5.91 Å². The van der Waals surface area contributed by atoms with Crippen LogP contribution in [0.5, 0.6) is 5.75 Å². The number of fused-ring (bicyclic) bond motifs is 1. The van der Waals surface area contributed by atoms with Crippen LogP contribution >= 0.6 is 22.9 Å². The third kappa shape index (κ3) is 5.47. The highest BCUT2D eigenvalue weighted by Crippen LogP contribution is 2.33. The average Bonchev–Trinajstić information content (AvgIpc) is 3.20. The number of benzene rings is 2. The molecule has 2 heterocycles. The van der Waals surface area contributed by atoms with Crippen LogP contribution in [-0.4, -0.2) is 61.2 Å². The lowest BCUT2D eigenvalue weighted by Gasteiger charge is -2.34. The molecule has 1 aromatic heterocycles. The van der Waals surface area contributed by atoms with Gasteiger partial charge in [0, 0.05) is 44.8 Å². The van der Waals surface area contributed by atoms with Crippen molar-refractivity contribution in [2.75, 3.05) is 44.2 Å². The molecule has 0 unspecified atom stereocenters. The minimum atomic E-state index is -0.0545. The zero-order chi connectivity index (χ0) is 21.8. The first-order valence-electron chi connectivity index (χ1n) is 10.6. The minimum Gasteiger partial charge on any atom is -0.491 e. The molecule has 0 bridgehead atoms. The van der Waals surface area contributed by atoms with Crippen molar-refractivity contribution in [3.8, 4) is 5.75 Å². The van der Waals surface area contributed by atoms with Crippen molar-refractivity contribution >= 4 is 44.2 Å². The Balaban J connectivity index is 1.22. The molecular weight excluding hydrogens is 432 g/mol. The quantitative estimate of drug-likeness (QED) is 0.572. The molecule has 0 atom stereocenters. The number of hydrogen-bond donors (Lipinski definition) is 1. The summed E-state index contributed by atoms with van der Waals surface area (Å²) >= 11 is 7.95. The largest absolute Gasteiger partial charge is 0.491 e. The van der Waals surface area contributed by atoms with Crippen molar-refractivity contribution in [1.29, 1.82) is 0 Å². The number of amides is 1. The Morgan fingerprint density at radius 1 is 1.16 bits per heavy atom. The zero-order valence-electron chi connectivity index (χ0n) is 17.8. The Bertz CT molecular complexity index is 1030. The number of anilines is 1. The zero-order valence-corrected chi connectivity index (χ0v) is 19.4. The molecule has 0 saturated carbocycles. The van der Waals surface area contributed by atoms with Crippen LogP contribution in [0, 0.1) is 0 Å². The fourth-order valence-electron chi connectivity index (χ4n) is 3.59. The number of para-hydroxylation sites is 1. The molecule has 1 aliphatic heterocycles. The Morgan fingerprint density at radius 3 is 2.58 bits per heavy atom. The van der Waals surface area contributed by atoms with Crippen molar-refractivity contribution in [1.82, 2.24) is 15.2 Å². The van der Waals surface area contributed by atoms with E-state index >= 15 is 0 Å². The van der Waals surface area contributed by atoms with Gasteiger partial charge in [-0.25, -0.2) is 4.98 Å². The Labute approximate surface area is 191 Å². The van der Waals surface area contributed by atoms with E-state index in [2.05, 4.69) is 21.2 Å². The second-order valence-electron chi connectivity index (χ2n) is 7.86. The maximum Gasteiger partial charge on any atom is 0.251 e. The number of rotatable bonds is 7. The van der Waals surface area contributed by atoms with Crippen molar-refractivity contribution in [3.05, 3.63) is 53.1 Å². The van der Waals surface area contributed by atoms with Gasteiger partial charge in [0.2, 0.25) is 0 Å². The molecule has 6 nitrogen and oxygen atoms in total. The van der Waals surface area contributed by atoms with Gasteiger partial charge in [-0.2, -0.15) is 0 Å². The van der Waals surface area contributed by atoms with Gasteiger partial charge < -0.3 is 15.0 Å². The highest BCUT2D eigenvalue weighted by Gasteiger charge is 2.20. The number of hydrogen-bond acceptors (Lipinski definition) is 6. The SMILES string of the molecule is CC(C)Oc1ccc(C(=O)NCCN2CCN(c3nc4c(Cl)cccc4s3)CC2)cc1. The topological polar surface area (TPSA) is 57.7 Å². The van der Waals surface area contributed by atoms with Gasteiger partial charge in [0.1, 0.15) is 11.3 Å². The molecule has 0 radical (unpaired) electrons. The third-order valence-electron chi connectivity index (χ3n) is 5.20. The molecule has 1 N–H and O–H groups in total. The maximum atomic E-state index is 12.4. The predicted molar refractivity (Wildman–Crippen MR) is 128 cm³/mol. The van der Waals surface area contributed by atoms with Crippen molar-refractivity contribution in [3.63, 3.8) is 0 Å². The van der Waals surface area contributed by atoms with E-state index in [0.717, 1.165) is 53.8 Å². The van der Waals surface area contributed by atoms with Crippen LogP contribution in [0.4, 0.5) is 5.13 Å². The lowest BCUT2D eigenvalue weighted by molar-refractivity contribution is 0.0947. The Hall–Kier alpha value is -2.35. The molecule has 3 aromatic rings. The molecule has 8 heteroatoms. The lowest BCUT2D eigenvalue weighted by atomic mass is 10.2. The maximum absolute atomic E-state index is 12.4. The first-order valence-corrected chi connectivity index (χ1v) is 11.8. The van der Waals surface area contributed by atoms with Crippen molar-refractivity contribution in [2.24, 2.45) is 0 Å². The minimum absolute atomic E-state index is 0.0545. The molecule has 1 saturated heterocycles. The standard InChI is InChI=1S/C23H27ClN4O2S/c1-16(2)30-18-8-6-17(7-9-18)22(29)25-10-11-27-12-14-28(15-13-27)23-26-21-19(24)4-3-5-20(21)31-23/h3-9,16H,10-15H2,1-2H3,(H,25,29). The summed E-state index contributed by atoms with van der Waals surface area (Å²) in [7, 11) is 0. The van der Waals surface area contributed by atoms with Crippen LogP contribution in [0.25, 0.3) is 10.2 Å². The van der Waals surface area contributed by atoms with E-state index < -0.39 is 0 Å². The number of aromatic nitrogens is 1. The molecule has 4 rings (SSSR count). The fraction of sp³-hybridized carbons (Fsp3) is 0.391. The van der Waals surface area contributed by atoms with Gasteiger partial charge >= 0.3 is 0 Å². The Kier molecular flexibility index (Phi) is 6.95. The summed E-state index contributed by atoms with van der Waals surface area (Å²) in [4.78, 5) is 21.8. The van der Waals surface area contributed by atoms with Crippen LogP contribution < -0.4 is 15.0 Å². The first-order chi connectivity index (χ1) is 15.0. The summed E-state index contributed by atoms with van der Waals surface area (Å²) in [5.74, 6) is 0.723. The molecular formula is C23H27ClN4O2S. The smallest absolute Gasteiger partial charge is 0.251 e. The number of carbonyl (C=O) groups is 1. The van der Waals surface area contributed by atoms with Crippen LogP contribution in [0.2, 0.25) is 5.02 Å². The summed E-state index contributed by atoms with van der Waals surface area (Å²) in [5.41, 5.74) is 1.54. The molecule has 2 aromatic carbocycles. The van der Waals surface area contributed by atoms with E-state index in [9.17, 15) is 4.79 Å². The van der Waals surface area contributed by atoms with E-state index in [-0.39, 0.29) is 12.0 Å². The summed E-state index contributed by atoms with van der Waals surface area (Å²) in [6.45, 7) is 9.15. The molecule has 0 aliphatic carbocycles. The van der Waals surface area contributed by atoms with Crippen molar-refractivity contribution < 1.29 is 9.53 Å². The van der Waals surface area contributed by atoms with Crippen LogP contribution in [0.1, 0.15) is 24.2 Å². The van der Waals surface area contributed by atoms with E-state index in [1.54, 1.807) is 23.5 Å². The summed E-state index contributed by atoms with van der Waals surface area (Å²) < 4.78 is 6.74. The second-order valence-corrected chi connectivity index (χ2v) is 9.27. The van der Waals surface area contributed by atoms with Gasteiger partial charge in [-0.3, -0.25) is 9.69 Å². The van der Waals surface area contributed by atoms with E-state index in [1.165, 1.54) is 0 Å². The van der Waals surface area contributed by atoms with Gasteiger partial charge in [-0.15, -0.1) is 0 Å². The lowest BCUT2D eigenvalue weighted by Crippen LogP contribution is -2.48. The van der Waals surface area contributed by atoms with Crippen LogP contribution in [0.3, 0.4) is 0 Å². The van der Waals surface area contributed by atoms with Gasteiger partial charge in [-0.05, 0) is 50.2 Å². The van der Waals surface area contributed by atoms with Crippen molar-refractivity contribution in [2.45, 2.75) is 20.0 Å². The highest BCUT2D eigenvalue weighted by molar-refractivity contribution is 7.22. The first kappa shape index (κ1) is 21.9. The molecule has 0 spiro atoms. The highest BCUT2D eigenvalue weighted by atomic mass is 35.5. The number of carbonyl (C=O) groups excluding carboxylic acids is 1. The van der Waals surface area contributed by atoms with Crippen LogP contribution in [0.15, 0.2) is 42.5 Å². The van der Waals surface area contributed by atoms with E-state index in [0.29, 0.717) is 17.1 Å².